The van der Waals surface area contributed by atoms with E-state index in [9.17, 15) is 14.7 Å². The first kappa shape index (κ1) is 21.4. The molecule has 0 aliphatic carbocycles. The number of nitrogens with one attached hydrogen (secondary N) is 2. The number of unbranched alkanes of at least 4 members (excludes halogenated alkanes) is 3. The summed E-state index contributed by atoms with van der Waals surface area (Å²) in [5, 5.41) is 15.8. The molecule has 1 aliphatic rings. The number of benzene rings is 2. The Labute approximate surface area is 177 Å². The second-order valence-electron chi connectivity index (χ2n) is 7.36. The molecule has 1 heterocycles. The fourth-order valence-electron chi connectivity index (χ4n) is 3.35. The van der Waals surface area contributed by atoms with Gasteiger partial charge >= 0.3 is 0 Å². The second kappa shape index (κ2) is 10.5. The van der Waals surface area contributed by atoms with Crippen LogP contribution in [-0.4, -0.2) is 29.6 Å². The molecule has 2 aromatic carbocycles. The number of hydrogen-bond acceptors (Lipinski definition) is 4. The molecular weight excluding hydrogens is 380 g/mol. The molecule has 0 saturated carbocycles. The number of carbonyl (C=O) groups excluding carboxylic acids is 2. The zero-order valence-corrected chi connectivity index (χ0v) is 17.2. The number of aliphatic hydroxyl groups excluding tert-OH is 1. The van der Waals surface area contributed by atoms with Gasteiger partial charge in [0.2, 0.25) is 0 Å². The van der Waals surface area contributed by atoms with Crippen LogP contribution >= 0.6 is 0 Å². The van der Waals surface area contributed by atoms with Crippen LogP contribution in [-0.2, 0) is 16.0 Å². The van der Waals surface area contributed by atoms with Gasteiger partial charge in [-0.2, -0.15) is 0 Å². The molecule has 0 radical (unpaired) electrons. The van der Waals surface area contributed by atoms with Crippen LogP contribution in [0.5, 0.6) is 5.75 Å². The Hall–Kier alpha value is -3.28. The fraction of sp³-hybridized carbons (Fsp3) is 0.333. The molecule has 0 saturated heterocycles. The topological polar surface area (TPSA) is 87.7 Å². The highest BCUT2D eigenvalue weighted by molar-refractivity contribution is 6.24. The van der Waals surface area contributed by atoms with Gasteiger partial charge in [-0.05, 0) is 42.7 Å². The maximum atomic E-state index is 12.6. The van der Waals surface area contributed by atoms with Crippen LogP contribution < -0.4 is 15.4 Å². The maximum absolute atomic E-state index is 12.6. The Morgan fingerprint density at radius 1 is 1.07 bits per heavy atom. The molecule has 0 bridgehead atoms. The van der Waals surface area contributed by atoms with Gasteiger partial charge in [0.05, 0.1) is 12.6 Å². The summed E-state index contributed by atoms with van der Waals surface area (Å²) in [7, 11) is 0. The Morgan fingerprint density at radius 3 is 2.50 bits per heavy atom. The molecule has 30 heavy (non-hydrogen) atoms. The van der Waals surface area contributed by atoms with Crippen LogP contribution in [0.2, 0.25) is 0 Å². The van der Waals surface area contributed by atoms with Crippen molar-refractivity contribution >= 4 is 17.5 Å². The standard InChI is InChI=1S/C24H28N2O4/c1-2-3-4-8-15-30-19-13-11-18(12-14-19)25-23(28)21-22(27)20(26-24(21)29)16-17-9-6-5-7-10-17/h5-7,9-14,20,27H,2-4,8,15-16H2,1H3,(H,25,28)(H,26,29). The SMILES string of the molecule is CCCCCCOc1ccc(NC(=O)C2=C(O)C(Cc3ccccc3)NC2=O)cc1. The van der Waals surface area contributed by atoms with Gasteiger partial charge in [0.25, 0.3) is 11.8 Å². The predicted octanol–water partition coefficient (Wildman–Crippen LogP) is 4.14. The average Bonchev–Trinajstić information content (AvgIpc) is 3.02. The molecule has 0 aromatic heterocycles. The van der Waals surface area contributed by atoms with Crippen LogP contribution in [0.15, 0.2) is 65.9 Å². The molecule has 158 valence electrons. The first-order chi connectivity index (χ1) is 14.6. The number of amides is 2. The summed E-state index contributed by atoms with van der Waals surface area (Å²) in [6, 6.07) is 15.9. The summed E-state index contributed by atoms with van der Waals surface area (Å²) < 4.78 is 5.69. The van der Waals surface area contributed by atoms with Crippen LogP contribution in [0.3, 0.4) is 0 Å². The zero-order valence-electron chi connectivity index (χ0n) is 17.2. The number of rotatable bonds is 10. The summed E-state index contributed by atoms with van der Waals surface area (Å²) in [5.74, 6) is -0.701. The molecule has 2 amide bonds. The van der Waals surface area contributed by atoms with E-state index in [-0.39, 0.29) is 11.3 Å². The molecule has 1 aliphatic heterocycles. The van der Waals surface area contributed by atoms with Crippen molar-refractivity contribution in [1.29, 1.82) is 0 Å². The number of carbonyl (C=O) groups is 2. The monoisotopic (exact) mass is 408 g/mol. The van der Waals surface area contributed by atoms with Crippen molar-refractivity contribution in [2.45, 2.75) is 45.1 Å². The van der Waals surface area contributed by atoms with Crippen molar-refractivity contribution in [3.05, 3.63) is 71.5 Å². The lowest BCUT2D eigenvalue weighted by Crippen LogP contribution is -2.31. The summed E-state index contributed by atoms with van der Waals surface area (Å²) in [4.78, 5) is 24.8. The zero-order chi connectivity index (χ0) is 21.3. The third kappa shape index (κ3) is 5.63. The highest BCUT2D eigenvalue weighted by Crippen LogP contribution is 2.22. The van der Waals surface area contributed by atoms with E-state index in [2.05, 4.69) is 17.6 Å². The van der Waals surface area contributed by atoms with Gasteiger partial charge in [0.1, 0.15) is 17.1 Å². The van der Waals surface area contributed by atoms with Gasteiger partial charge in [-0.15, -0.1) is 0 Å². The number of ether oxygens (including phenoxy) is 1. The second-order valence-corrected chi connectivity index (χ2v) is 7.36. The Balaban J connectivity index is 1.57. The minimum Gasteiger partial charge on any atom is -0.509 e. The molecule has 0 spiro atoms. The van der Waals surface area contributed by atoms with Gasteiger partial charge in [0, 0.05) is 5.69 Å². The molecular formula is C24H28N2O4. The minimum atomic E-state index is -0.631. The fourth-order valence-corrected chi connectivity index (χ4v) is 3.35. The van der Waals surface area contributed by atoms with Gasteiger partial charge in [0.15, 0.2) is 0 Å². The van der Waals surface area contributed by atoms with Crippen LogP contribution in [0.1, 0.15) is 38.2 Å². The average molecular weight is 408 g/mol. The van der Waals surface area contributed by atoms with Gasteiger partial charge in [-0.1, -0.05) is 56.5 Å². The smallest absolute Gasteiger partial charge is 0.264 e. The summed E-state index contributed by atoms with van der Waals surface area (Å²) in [5.41, 5.74) is 1.24. The molecule has 1 atom stereocenters. The predicted molar refractivity (Wildman–Crippen MR) is 116 cm³/mol. The lowest BCUT2D eigenvalue weighted by Gasteiger charge is -2.10. The summed E-state index contributed by atoms with van der Waals surface area (Å²) in [6.07, 6.45) is 4.97. The maximum Gasteiger partial charge on any atom is 0.264 e. The van der Waals surface area contributed by atoms with Crippen molar-refractivity contribution in [1.82, 2.24) is 5.32 Å². The van der Waals surface area contributed by atoms with Gasteiger partial charge in [-0.3, -0.25) is 9.59 Å². The number of anilines is 1. The van der Waals surface area contributed by atoms with Crippen LogP contribution in [0.25, 0.3) is 0 Å². The lowest BCUT2D eigenvalue weighted by molar-refractivity contribution is -0.120. The minimum absolute atomic E-state index is 0.228. The van der Waals surface area contributed by atoms with Gasteiger partial charge in [-0.25, -0.2) is 0 Å². The van der Waals surface area contributed by atoms with E-state index in [4.69, 9.17) is 4.74 Å². The van der Waals surface area contributed by atoms with Crippen molar-refractivity contribution in [3.63, 3.8) is 0 Å². The van der Waals surface area contributed by atoms with Crippen molar-refractivity contribution in [2.75, 3.05) is 11.9 Å². The largest absolute Gasteiger partial charge is 0.509 e. The quantitative estimate of drug-likeness (QED) is 0.407. The molecule has 6 nitrogen and oxygen atoms in total. The molecule has 0 fully saturated rings. The Morgan fingerprint density at radius 2 is 1.80 bits per heavy atom. The van der Waals surface area contributed by atoms with E-state index >= 15 is 0 Å². The van der Waals surface area contributed by atoms with E-state index in [1.807, 2.05) is 30.3 Å². The first-order valence-electron chi connectivity index (χ1n) is 10.4. The Kier molecular flexibility index (Phi) is 7.49. The molecule has 3 rings (SSSR count). The van der Waals surface area contributed by atoms with E-state index in [1.165, 1.54) is 12.8 Å². The first-order valence-corrected chi connectivity index (χ1v) is 10.4. The highest BCUT2D eigenvalue weighted by atomic mass is 16.5. The third-order valence-electron chi connectivity index (χ3n) is 5.01. The van der Waals surface area contributed by atoms with E-state index in [1.54, 1.807) is 24.3 Å². The van der Waals surface area contributed by atoms with E-state index < -0.39 is 17.9 Å². The third-order valence-corrected chi connectivity index (χ3v) is 5.01. The van der Waals surface area contributed by atoms with E-state index in [0.29, 0.717) is 18.7 Å². The van der Waals surface area contributed by atoms with Crippen molar-refractivity contribution < 1.29 is 19.4 Å². The normalized spacial score (nSPS) is 15.8. The molecule has 3 N–H and O–H groups in total. The summed E-state index contributed by atoms with van der Waals surface area (Å²) >= 11 is 0. The lowest BCUT2D eigenvalue weighted by atomic mass is 10.0. The Bertz CT molecular complexity index is 891. The number of hydrogen-bond donors (Lipinski definition) is 3. The van der Waals surface area contributed by atoms with Crippen LogP contribution in [0.4, 0.5) is 5.69 Å². The van der Waals surface area contributed by atoms with E-state index in [0.717, 1.165) is 24.2 Å². The molecule has 6 heteroatoms. The summed E-state index contributed by atoms with van der Waals surface area (Å²) in [6.45, 7) is 2.83. The number of aliphatic hydroxyl groups is 1. The van der Waals surface area contributed by atoms with Crippen molar-refractivity contribution in [2.24, 2.45) is 0 Å². The van der Waals surface area contributed by atoms with Crippen LogP contribution in [0, 0.1) is 0 Å². The molecule has 1 unspecified atom stereocenters. The van der Waals surface area contributed by atoms with Crippen molar-refractivity contribution in [3.8, 4) is 5.75 Å². The highest BCUT2D eigenvalue weighted by Gasteiger charge is 2.36. The van der Waals surface area contributed by atoms with Gasteiger partial charge < -0.3 is 20.5 Å². The molecule has 2 aromatic rings.